The molecule has 0 bridgehead atoms. The molecule has 2 atom stereocenters. The highest BCUT2D eigenvalue weighted by Gasteiger charge is 2.16. The van der Waals surface area contributed by atoms with Crippen molar-refractivity contribution >= 4 is 16.7 Å². The molecule has 0 fully saturated rings. The summed E-state index contributed by atoms with van der Waals surface area (Å²) in [5, 5.41) is 0. The van der Waals surface area contributed by atoms with Gasteiger partial charge in [-0.3, -0.25) is 0 Å². The SMILES string of the molecule is CCN(CC)CC(C)OPCCP(C(C)C)C(C)C. The van der Waals surface area contributed by atoms with Crippen LogP contribution in [0.5, 0.6) is 0 Å². The average molecular weight is 307 g/mol. The van der Waals surface area contributed by atoms with Gasteiger partial charge < -0.3 is 9.42 Å². The zero-order valence-electron chi connectivity index (χ0n) is 14.1. The lowest BCUT2D eigenvalue weighted by molar-refractivity contribution is 0.171. The van der Waals surface area contributed by atoms with E-state index in [2.05, 4.69) is 53.4 Å². The van der Waals surface area contributed by atoms with Gasteiger partial charge in [0.15, 0.2) is 0 Å². The van der Waals surface area contributed by atoms with E-state index in [0.29, 0.717) is 14.9 Å². The van der Waals surface area contributed by atoms with Crippen LogP contribution >= 0.6 is 16.7 Å². The van der Waals surface area contributed by atoms with Crippen LogP contribution in [0.3, 0.4) is 0 Å². The summed E-state index contributed by atoms with van der Waals surface area (Å²) < 4.78 is 5.98. The summed E-state index contributed by atoms with van der Waals surface area (Å²) >= 11 is 0. The molecule has 0 radical (unpaired) electrons. The van der Waals surface area contributed by atoms with E-state index in [4.69, 9.17) is 4.52 Å². The van der Waals surface area contributed by atoms with E-state index in [-0.39, 0.29) is 7.92 Å². The van der Waals surface area contributed by atoms with Gasteiger partial charge in [0, 0.05) is 15.4 Å². The Bertz CT molecular complexity index is 200. The van der Waals surface area contributed by atoms with Crippen molar-refractivity contribution in [3.05, 3.63) is 0 Å². The van der Waals surface area contributed by atoms with Crippen LogP contribution in [0.15, 0.2) is 0 Å². The molecule has 0 saturated carbocycles. The highest BCUT2D eigenvalue weighted by molar-refractivity contribution is 7.59. The number of hydrogen-bond donors (Lipinski definition) is 0. The molecule has 0 N–H and O–H groups in total. The molecule has 0 aliphatic carbocycles. The first-order valence-electron chi connectivity index (χ1n) is 7.78. The van der Waals surface area contributed by atoms with E-state index in [1.807, 2.05) is 0 Å². The van der Waals surface area contributed by atoms with Gasteiger partial charge >= 0.3 is 0 Å². The standard InChI is InChI=1S/C15H35NOP2/c1-8-16(9-2)12-15(7)17-18-10-11-19(13(3)4)14(5)6/h13-15,18H,8-12H2,1-7H3. The summed E-state index contributed by atoms with van der Waals surface area (Å²) in [5.74, 6) is 0. The van der Waals surface area contributed by atoms with Crippen molar-refractivity contribution in [1.29, 1.82) is 0 Å². The lowest BCUT2D eigenvalue weighted by Crippen LogP contribution is -2.31. The molecule has 4 heteroatoms. The summed E-state index contributed by atoms with van der Waals surface area (Å²) in [6.45, 7) is 19.5. The van der Waals surface area contributed by atoms with Gasteiger partial charge in [0.1, 0.15) is 0 Å². The van der Waals surface area contributed by atoms with Crippen molar-refractivity contribution in [2.24, 2.45) is 0 Å². The summed E-state index contributed by atoms with van der Waals surface area (Å²) in [6, 6.07) is 0. The van der Waals surface area contributed by atoms with Gasteiger partial charge in [0.05, 0.1) is 6.10 Å². The number of rotatable bonds is 11. The Labute approximate surface area is 124 Å². The molecule has 0 aromatic heterocycles. The Morgan fingerprint density at radius 2 is 1.53 bits per heavy atom. The van der Waals surface area contributed by atoms with E-state index >= 15 is 0 Å². The van der Waals surface area contributed by atoms with E-state index in [1.165, 1.54) is 12.3 Å². The number of likely N-dealkylation sites (N-methyl/N-ethyl adjacent to an activating group) is 1. The van der Waals surface area contributed by atoms with Gasteiger partial charge in [-0.15, -0.1) is 7.92 Å². The zero-order valence-corrected chi connectivity index (χ0v) is 16.0. The summed E-state index contributed by atoms with van der Waals surface area (Å²) in [7, 11) is 0.867. The topological polar surface area (TPSA) is 12.5 Å². The van der Waals surface area contributed by atoms with E-state index in [9.17, 15) is 0 Å². The van der Waals surface area contributed by atoms with Crippen molar-refractivity contribution in [2.75, 3.05) is 32.0 Å². The lowest BCUT2D eigenvalue weighted by Gasteiger charge is -2.26. The van der Waals surface area contributed by atoms with Gasteiger partial charge in [-0.2, -0.15) is 0 Å². The van der Waals surface area contributed by atoms with Crippen molar-refractivity contribution < 1.29 is 4.52 Å². The average Bonchev–Trinajstić information content (AvgIpc) is 2.34. The predicted molar refractivity (Wildman–Crippen MR) is 93.6 cm³/mol. The van der Waals surface area contributed by atoms with E-state index in [0.717, 1.165) is 31.0 Å². The van der Waals surface area contributed by atoms with Crippen LogP contribution in [0.2, 0.25) is 0 Å². The summed E-state index contributed by atoms with van der Waals surface area (Å²) in [5.41, 5.74) is 1.71. The first-order chi connectivity index (χ1) is 8.92. The molecule has 0 aliphatic rings. The minimum atomic E-state index is 0.184. The first-order valence-corrected chi connectivity index (χ1v) is 10.6. The lowest BCUT2D eigenvalue weighted by atomic mass is 10.3. The second kappa shape index (κ2) is 11.4. The maximum atomic E-state index is 5.98. The van der Waals surface area contributed by atoms with Crippen LogP contribution in [-0.2, 0) is 4.52 Å². The minimum absolute atomic E-state index is 0.184. The Morgan fingerprint density at radius 1 is 1.00 bits per heavy atom. The summed E-state index contributed by atoms with van der Waals surface area (Å²) in [6.07, 6.45) is 3.01. The zero-order chi connectivity index (χ0) is 14.8. The Balaban J connectivity index is 3.78. The van der Waals surface area contributed by atoms with Crippen molar-refractivity contribution in [1.82, 2.24) is 4.90 Å². The quantitative estimate of drug-likeness (QED) is 0.408. The second-order valence-corrected chi connectivity index (χ2v) is 10.3. The molecule has 0 amide bonds. The molecule has 0 aromatic carbocycles. The van der Waals surface area contributed by atoms with E-state index in [1.54, 1.807) is 0 Å². The van der Waals surface area contributed by atoms with Gasteiger partial charge in [0.25, 0.3) is 0 Å². The second-order valence-electron chi connectivity index (χ2n) is 5.73. The molecule has 0 spiro atoms. The monoisotopic (exact) mass is 307 g/mol. The first kappa shape index (κ1) is 19.8. The largest absolute Gasteiger partial charge is 0.358 e. The van der Waals surface area contributed by atoms with Crippen molar-refractivity contribution in [2.45, 2.75) is 65.9 Å². The highest BCUT2D eigenvalue weighted by atomic mass is 31.1. The minimum Gasteiger partial charge on any atom is -0.358 e. The molecule has 0 saturated heterocycles. The van der Waals surface area contributed by atoms with Crippen LogP contribution in [0.25, 0.3) is 0 Å². The third kappa shape index (κ3) is 9.35. The number of hydrogen-bond acceptors (Lipinski definition) is 2. The normalized spacial score (nSPS) is 14.7. The Hall–Kier alpha value is 0.780. The van der Waals surface area contributed by atoms with Crippen LogP contribution in [0.1, 0.15) is 48.5 Å². The molecule has 116 valence electrons. The van der Waals surface area contributed by atoms with Crippen LogP contribution < -0.4 is 0 Å². The third-order valence-electron chi connectivity index (χ3n) is 3.49. The van der Waals surface area contributed by atoms with Crippen LogP contribution in [0, 0.1) is 0 Å². The number of nitrogens with zero attached hydrogens (tertiary/aromatic N) is 1. The molecular formula is C15H35NOP2. The fourth-order valence-electron chi connectivity index (χ4n) is 2.37. The van der Waals surface area contributed by atoms with Crippen molar-refractivity contribution in [3.63, 3.8) is 0 Å². The van der Waals surface area contributed by atoms with Gasteiger partial charge in [-0.1, -0.05) is 41.5 Å². The fourth-order valence-corrected chi connectivity index (χ4v) is 6.47. The molecular weight excluding hydrogens is 272 g/mol. The molecule has 2 unspecified atom stereocenters. The van der Waals surface area contributed by atoms with Crippen LogP contribution in [0.4, 0.5) is 0 Å². The molecule has 0 aromatic rings. The van der Waals surface area contributed by atoms with Gasteiger partial charge in [-0.25, -0.2) is 0 Å². The summed E-state index contributed by atoms with van der Waals surface area (Å²) in [4.78, 5) is 2.43. The van der Waals surface area contributed by atoms with Gasteiger partial charge in [0.2, 0.25) is 0 Å². The molecule has 0 aliphatic heterocycles. The van der Waals surface area contributed by atoms with E-state index < -0.39 is 0 Å². The molecule has 19 heavy (non-hydrogen) atoms. The van der Waals surface area contributed by atoms with Gasteiger partial charge in [-0.05, 0) is 43.7 Å². The fraction of sp³-hybridized carbons (Fsp3) is 1.00. The molecule has 0 rings (SSSR count). The Kier molecular flexibility index (Phi) is 11.9. The molecule has 2 nitrogen and oxygen atoms in total. The Morgan fingerprint density at radius 3 is 1.95 bits per heavy atom. The third-order valence-corrected chi connectivity index (χ3v) is 8.33. The maximum Gasteiger partial charge on any atom is 0.0713 e. The molecule has 0 heterocycles. The van der Waals surface area contributed by atoms with Crippen molar-refractivity contribution in [3.8, 4) is 0 Å². The van der Waals surface area contributed by atoms with Crippen LogP contribution in [-0.4, -0.2) is 54.3 Å². The smallest absolute Gasteiger partial charge is 0.0713 e. The maximum absolute atomic E-state index is 5.98. The predicted octanol–water partition coefficient (Wildman–Crippen LogP) is 4.63. The highest BCUT2D eigenvalue weighted by Crippen LogP contribution is 2.46.